The number of nitrogens with one attached hydrogen (secondary N) is 2. The van der Waals surface area contributed by atoms with Crippen LogP contribution in [0.3, 0.4) is 0 Å². The van der Waals surface area contributed by atoms with Crippen LogP contribution >= 0.6 is 23.2 Å². The number of aliphatic imine (C=N–C) groups is 1. The largest absolute Gasteiger partial charge is 0.371 e. The lowest BCUT2D eigenvalue weighted by Gasteiger charge is -2.08. The number of halogens is 2. The molecule has 0 saturated heterocycles. The highest BCUT2D eigenvalue weighted by atomic mass is 35.5. The highest BCUT2D eigenvalue weighted by Gasteiger charge is 2.12. The Labute approximate surface area is 137 Å². The van der Waals surface area contributed by atoms with Gasteiger partial charge in [0.2, 0.25) is 11.9 Å². The van der Waals surface area contributed by atoms with Crippen molar-refractivity contribution in [3.63, 3.8) is 0 Å². The molecule has 1 aromatic heterocycles. The molecule has 0 bridgehead atoms. The number of hydrogen-bond acceptors (Lipinski definition) is 5. The van der Waals surface area contributed by atoms with E-state index in [1.165, 1.54) is 6.92 Å². The molecule has 2 aromatic rings. The zero-order valence-electron chi connectivity index (χ0n) is 11.9. The predicted octanol–water partition coefficient (Wildman–Crippen LogP) is 3.53. The minimum Gasteiger partial charge on any atom is -0.371 e. The van der Waals surface area contributed by atoms with Crippen molar-refractivity contribution < 1.29 is 4.79 Å². The fourth-order valence-electron chi connectivity index (χ4n) is 1.66. The van der Waals surface area contributed by atoms with Gasteiger partial charge in [-0.2, -0.15) is 9.97 Å². The molecule has 1 amide bonds. The van der Waals surface area contributed by atoms with Crippen LogP contribution < -0.4 is 10.6 Å². The second-order valence-corrected chi connectivity index (χ2v) is 5.07. The first-order valence-corrected chi connectivity index (χ1v) is 7.07. The standard InChI is InChI=1S/C14H13Cl2N5O/c1-8(22)19-14-20-12(16)11(13(17-2)21-14)18-7-9-4-3-5-10(15)6-9/h3-7H,1-2H3,(H2,17,19,20,21,22). The second kappa shape index (κ2) is 7.20. The summed E-state index contributed by atoms with van der Waals surface area (Å²) >= 11 is 12.0. The fraction of sp³-hybridized carbons (Fsp3) is 0.143. The topological polar surface area (TPSA) is 79.3 Å². The molecule has 0 spiro atoms. The number of rotatable bonds is 4. The van der Waals surface area contributed by atoms with Crippen LogP contribution in [-0.4, -0.2) is 29.1 Å². The maximum Gasteiger partial charge on any atom is 0.232 e. The Kier molecular flexibility index (Phi) is 5.30. The first kappa shape index (κ1) is 16.2. The lowest BCUT2D eigenvalue weighted by molar-refractivity contribution is -0.114. The van der Waals surface area contributed by atoms with Crippen molar-refractivity contribution >= 4 is 52.8 Å². The fourth-order valence-corrected chi connectivity index (χ4v) is 2.07. The molecule has 0 aliphatic carbocycles. The lowest BCUT2D eigenvalue weighted by Crippen LogP contribution is -2.10. The molecule has 0 fully saturated rings. The van der Waals surface area contributed by atoms with E-state index in [0.717, 1.165) is 5.56 Å². The van der Waals surface area contributed by atoms with Crippen molar-refractivity contribution in [3.05, 3.63) is 40.0 Å². The summed E-state index contributed by atoms with van der Waals surface area (Å²) in [6.45, 7) is 1.36. The first-order valence-electron chi connectivity index (χ1n) is 6.32. The van der Waals surface area contributed by atoms with E-state index in [-0.39, 0.29) is 17.0 Å². The summed E-state index contributed by atoms with van der Waals surface area (Å²) in [5, 5.41) is 6.08. The van der Waals surface area contributed by atoms with Crippen molar-refractivity contribution in [2.45, 2.75) is 6.92 Å². The van der Waals surface area contributed by atoms with Gasteiger partial charge in [-0.25, -0.2) is 4.99 Å². The molecule has 22 heavy (non-hydrogen) atoms. The number of nitrogens with zero attached hydrogens (tertiary/aromatic N) is 3. The van der Waals surface area contributed by atoms with Gasteiger partial charge in [0.1, 0.15) is 5.69 Å². The Morgan fingerprint density at radius 1 is 1.32 bits per heavy atom. The highest BCUT2D eigenvalue weighted by molar-refractivity contribution is 6.32. The van der Waals surface area contributed by atoms with Crippen molar-refractivity contribution in [2.75, 3.05) is 17.7 Å². The molecule has 0 radical (unpaired) electrons. The Morgan fingerprint density at radius 3 is 2.73 bits per heavy atom. The van der Waals surface area contributed by atoms with Crippen LogP contribution in [0.15, 0.2) is 29.3 Å². The van der Waals surface area contributed by atoms with E-state index in [1.807, 2.05) is 12.1 Å². The van der Waals surface area contributed by atoms with E-state index in [1.54, 1.807) is 25.4 Å². The first-order chi connectivity index (χ1) is 10.5. The minimum atomic E-state index is -0.284. The molecule has 0 unspecified atom stereocenters. The quantitative estimate of drug-likeness (QED) is 0.660. The van der Waals surface area contributed by atoms with E-state index in [9.17, 15) is 4.79 Å². The number of carbonyl (C=O) groups is 1. The zero-order chi connectivity index (χ0) is 16.1. The molecule has 8 heteroatoms. The molecule has 0 atom stereocenters. The Morgan fingerprint density at radius 2 is 2.09 bits per heavy atom. The van der Waals surface area contributed by atoms with Gasteiger partial charge in [-0.1, -0.05) is 35.3 Å². The van der Waals surface area contributed by atoms with Gasteiger partial charge in [-0.3, -0.25) is 10.1 Å². The summed E-state index contributed by atoms with van der Waals surface area (Å²) in [5.41, 5.74) is 1.19. The third-order valence-electron chi connectivity index (χ3n) is 2.56. The monoisotopic (exact) mass is 337 g/mol. The maximum atomic E-state index is 11.1. The van der Waals surface area contributed by atoms with Crippen molar-refractivity contribution in [1.29, 1.82) is 0 Å². The van der Waals surface area contributed by atoms with Crippen LogP contribution in [0.5, 0.6) is 0 Å². The minimum absolute atomic E-state index is 0.114. The van der Waals surface area contributed by atoms with Crippen LogP contribution in [0, 0.1) is 0 Å². The number of carbonyl (C=O) groups excluding carboxylic acids is 1. The summed E-state index contributed by atoms with van der Waals surface area (Å²) in [6, 6.07) is 7.22. The number of anilines is 2. The number of aromatic nitrogens is 2. The molecule has 1 heterocycles. The molecule has 0 saturated carbocycles. The van der Waals surface area contributed by atoms with Gasteiger partial charge in [0.05, 0.1) is 0 Å². The van der Waals surface area contributed by atoms with E-state index in [4.69, 9.17) is 23.2 Å². The van der Waals surface area contributed by atoms with Crippen molar-refractivity contribution in [1.82, 2.24) is 9.97 Å². The average Bonchev–Trinajstić information content (AvgIpc) is 2.45. The third-order valence-corrected chi connectivity index (χ3v) is 3.06. The molecule has 0 aliphatic rings. The van der Waals surface area contributed by atoms with Crippen LogP contribution in [0.25, 0.3) is 0 Å². The van der Waals surface area contributed by atoms with Gasteiger partial charge < -0.3 is 5.32 Å². The summed E-state index contributed by atoms with van der Waals surface area (Å²) in [5.74, 6) is 0.235. The van der Waals surface area contributed by atoms with Crippen molar-refractivity contribution in [2.24, 2.45) is 4.99 Å². The SMILES string of the molecule is CNc1nc(NC(C)=O)nc(Cl)c1N=Cc1cccc(Cl)c1. The molecule has 0 aliphatic heterocycles. The second-order valence-electron chi connectivity index (χ2n) is 4.28. The Bertz CT molecular complexity index is 733. The molecule has 114 valence electrons. The van der Waals surface area contributed by atoms with E-state index < -0.39 is 0 Å². The number of hydrogen-bond donors (Lipinski definition) is 2. The molecule has 2 N–H and O–H groups in total. The summed E-state index contributed by atoms with van der Waals surface area (Å²) in [7, 11) is 1.68. The zero-order valence-corrected chi connectivity index (χ0v) is 13.4. The maximum absolute atomic E-state index is 11.1. The van der Waals surface area contributed by atoms with Gasteiger partial charge in [0, 0.05) is 25.2 Å². The third kappa shape index (κ3) is 4.16. The summed E-state index contributed by atoms with van der Waals surface area (Å²) in [6.07, 6.45) is 1.61. The van der Waals surface area contributed by atoms with Gasteiger partial charge in [-0.15, -0.1) is 0 Å². The average molecular weight is 338 g/mol. The van der Waals surface area contributed by atoms with E-state index in [2.05, 4.69) is 25.6 Å². The molecular formula is C14H13Cl2N5O. The smallest absolute Gasteiger partial charge is 0.232 e. The van der Waals surface area contributed by atoms with E-state index >= 15 is 0 Å². The summed E-state index contributed by atoms with van der Waals surface area (Å²) in [4.78, 5) is 23.5. The molecule has 2 rings (SSSR count). The van der Waals surface area contributed by atoms with Crippen molar-refractivity contribution in [3.8, 4) is 0 Å². The van der Waals surface area contributed by atoms with Gasteiger partial charge in [-0.05, 0) is 17.7 Å². The highest BCUT2D eigenvalue weighted by Crippen LogP contribution is 2.31. The van der Waals surface area contributed by atoms with Crippen LogP contribution in [0.2, 0.25) is 10.2 Å². The Hall–Kier alpha value is -2.18. The van der Waals surface area contributed by atoms with Crippen LogP contribution in [-0.2, 0) is 4.79 Å². The number of amides is 1. The Balaban J connectivity index is 2.36. The normalized spacial score (nSPS) is 10.7. The summed E-state index contributed by atoms with van der Waals surface area (Å²) < 4.78 is 0. The van der Waals surface area contributed by atoms with Crippen LogP contribution in [0.4, 0.5) is 17.5 Å². The predicted molar refractivity (Wildman–Crippen MR) is 89.6 cm³/mol. The molecule has 6 nitrogen and oxygen atoms in total. The van der Waals surface area contributed by atoms with Crippen LogP contribution in [0.1, 0.15) is 12.5 Å². The van der Waals surface area contributed by atoms with Gasteiger partial charge in [0.25, 0.3) is 0 Å². The molecule has 1 aromatic carbocycles. The number of benzene rings is 1. The lowest BCUT2D eigenvalue weighted by atomic mass is 10.2. The van der Waals surface area contributed by atoms with Gasteiger partial charge >= 0.3 is 0 Å². The van der Waals surface area contributed by atoms with Gasteiger partial charge in [0.15, 0.2) is 11.0 Å². The molecular weight excluding hydrogens is 325 g/mol. The van der Waals surface area contributed by atoms with E-state index in [0.29, 0.717) is 16.5 Å².